The minimum atomic E-state index is -3.57. The number of nitrogens with one attached hydrogen (secondary N) is 1. The van der Waals surface area contributed by atoms with Gasteiger partial charge in [-0.15, -0.1) is 11.3 Å². The molecule has 35 heavy (non-hydrogen) atoms. The minimum absolute atomic E-state index is 0.222. The van der Waals surface area contributed by atoms with Crippen molar-refractivity contribution in [3.05, 3.63) is 64.5 Å². The van der Waals surface area contributed by atoms with Crippen LogP contribution in [0.3, 0.4) is 0 Å². The molecule has 3 aromatic rings. The van der Waals surface area contributed by atoms with Crippen molar-refractivity contribution < 1.29 is 13.2 Å². The zero-order chi connectivity index (χ0) is 24.6. The Morgan fingerprint density at radius 3 is 2.40 bits per heavy atom. The third-order valence-electron chi connectivity index (χ3n) is 6.96. The van der Waals surface area contributed by atoms with Crippen molar-refractivity contribution in [3.63, 3.8) is 0 Å². The number of thiazole rings is 1. The Bertz CT molecular complexity index is 1320. The first-order valence-electron chi connectivity index (χ1n) is 12.3. The lowest BCUT2D eigenvalue weighted by Gasteiger charge is -2.34. The maximum absolute atomic E-state index is 13.1. The fraction of sp³-hybridized carbons (Fsp3) is 0.407. The molecule has 1 fully saturated rings. The highest BCUT2D eigenvalue weighted by molar-refractivity contribution is 7.89. The molecule has 0 spiro atoms. The Morgan fingerprint density at radius 1 is 1.00 bits per heavy atom. The molecule has 6 nitrogen and oxygen atoms in total. The van der Waals surface area contributed by atoms with Crippen molar-refractivity contribution in [1.82, 2.24) is 9.29 Å². The monoisotopic (exact) mass is 509 g/mol. The van der Waals surface area contributed by atoms with Crippen molar-refractivity contribution in [3.8, 4) is 11.3 Å². The first-order chi connectivity index (χ1) is 16.8. The molecule has 2 atom stereocenters. The first kappa shape index (κ1) is 24.2. The number of aryl methyl sites for hydroxylation is 2. The third-order valence-corrected chi connectivity index (χ3v) is 9.56. The summed E-state index contributed by atoms with van der Waals surface area (Å²) in [4.78, 5) is 17.6. The largest absolute Gasteiger partial charge is 0.298 e. The van der Waals surface area contributed by atoms with Crippen LogP contribution in [-0.4, -0.2) is 36.7 Å². The Hall–Kier alpha value is -2.55. The van der Waals surface area contributed by atoms with E-state index in [0.717, 1.165) is 30.5 Å². The summed E-state index contributed by atoms with van der Waals surface area (Å²) in [6.07, 6.45) is 5.77. The Kier molecular flexibility index (Phi) is 6.79. The van der Waals surface area contributed by atoms with Crippen molar-refractivity contribution >= 4 is 32.4 Å². The van der Waals surface area contributed by atoms with Crippen molar-refractivity contribution in [1.29, 1.82) is 0 Å². The third kappa shape index (κ3) is 5.20. The minimum Gasteiger partial charge on any atom is -0.298 e. The molecule has 1 aliphatic carbocycles. The van der Waals surface area contributed by atoms with Crippen molar-refractivity contribution in [2.75, 3.05) is 18.4 Å². The number of amides is 1. The van der Waals surface area contributed by atoms with Crippen LogP contribution in [0.5, 0.6) is 0 Å². The van der Waals surface area contributed by atoms with Gasteiger partial charge in [-0.1, -0.05) is 26.0 Å². The van der Waals surface area contributed by atoms with Crippen molar-refractivity contribution in [2.24, 2.45) is 11.8 Å². The number of carbonyl (C=O) groups excluding carboxylic acids is 1. The van der Waals surface area contributed by atoms with Gasteiger partial charge in [-0.25, -0.2) is 13.4 Å². The molecule has 2 heterocycles. The van der Waals surface area contributed by atoms with E-state index in [9.17, 15) is 13.2 Å². The van der Waals surface area contributed by atoms with Crippen molar-refractivity contribution in [2.45, 2.75) is 50.8 Å². The number of sulfonamides is 1. The van der Waals surface area contributed by atoms with E-state index >= 15 is 0 Å². The van der Waals surface area contributed by atoms with Crippen LogP contribution in [0.4, 0.5) is 5.13 Å². The normalized spacial score (nSPS) is 20.9. The maximum atomic E-state index is 13.1. The predicted octanol–water partition coefficient (Wildman–Crippen LogP) is 5.61. The number of carbonyl (C=O) groups is 1. The van der Waals surface area contributed by atoms with E-state index in [-0.39, 0.29) is 10.8 Å². The lowest BCUT2D eigenvalue weighted by molar-refractivity contribution is 0.102. The fourth-order valence-electron chi connectivity index (χ4n) is 5.26. The standard InChI is InChI=1S/C27H31N3O3S2/c1-18-13-19(2)16-30(15-18)35(32,33)24-11-9-21(10-12-24)26(31)29-27-28-25(17-34-27)23-8-7-20-5-3-4-6-22(20)14-23/h7-12,14,17-19H,3-6,13,15-16H2,1-2H3,(H,28,29,31). The zero-order valence-electron chi connectivity index (χ0n) is 20.2. The molecule has 184 valence electrons. The molecule has 2 unspecified atom stereocenters. The fourth-order valence-corrected chi connectivity index (χ4v) is 7.65. The second-order valence-electron chi connectivity index (χ2n) is 9.98. The summed E-state index contributed by atoms with van der Waals surface area (Å²) in [5.74, 6) is 0.367. The van der Waals surface area contributed by atoms with Crippen LogP contribution >= 0.6 is 11.3 Å². The van der Waals surface area contributed by atoms with E-state index in [0.29, 0.717) is 35.6 Å². The SMILES string of the molecule is CC1CC(C)CN(S(=O)(=O)c2ccc(C(=O)Nc3nc(-c4ccc5c(c4)CCCC5)cs3)cc2)C1. The van der Waals surface area contributed by atoms with Gasteiger partial charge in [-0.2, -0.15) is 4.31 Å². The summed E-state index contributed by atoms with van der Waals surface area (Å²) in [6, 6.07) is 12.7. The van der Waals surface area contributed by atoms with Gasteiger partial charge in [-0.05, 0) is 85.4 Å². The molecule has 8 heteroatoms. The molecule has 1 aromatic heterocycles. The van der Waals surface area contributed by atoms with Crippen LogP contribution in [0.2, 0.25) is 0 Å². The van der Waals surface area contributed by atoms with Crippen LogP contribution in [0, 0.1) is 11.8 Å². The van der Waals surface area contributed by atoms with Gasteiger partial charge in [0.1, 0.15) is 0 Å². The number of nitrogens with zero attached hydrogens (tertiary/aromatic N) is 2. The molecule has 1 saturated heterocycles. The summed E-state index contributed by atoms with van der Waals surface area (Å²) < 4.78 is 27.8. The smallest absolute Gasteiger partial charge is 0.257 e. The molecular formula is C27H31N3O3S2. The summed E-state index contributed by atoms with van der Waals surface area (Å²) in [6.45, 7) is 5.24. The quantitative estimate of drug-likeness (QED) is 0.485. The number of benzene rings is 2. The van der Waals surface area contributed by atoms with E-state index in [4.69, 9.17) is 0 Å². The molecule has 2 aliphatic rings. The van der Waals surface area contributed by atoms with Gasteiger partial charge in [0.2, 0.25) is 10.0 Å². The highest BCUT2D eigenvalue weighted by atomic mass is 32.2. The molecule has 2 aromatic carbocycles. The number of anilines is 1. The number of rotatable bonds is 5. The van der Waals surface area contributed by atoms with E-state index in [1.165, 1.54) is 47.4 Å². The number of hydrogen-bond acceptors (Lipinski definition) is 5. The van der Waals surface area contributed by atoms with Gasteiger partial charge in [0, 0.05) is 29.6 Å². The Morgan fingerprint density at radius 2 is 1.69 bits per heavy atom. The van der Waals surface area contributed by atoms with Crippen LogP contribution in [0.15, 0.2) is 52.7 Å². The van der Waals surface area contributed by atoms with Gasteiger partial charge < -0.3 is 0 Å². The summed E-state index contributed by atoms with van der Waals surface area (Å²) >= 11 is 1.39. The van der Waals surface area contributed by atoms with Crippen LogP contribution < -0.4 is 5.32 Å². The zero-order valence-corrected chi connectivity index (χ0v) is 21.8. The van der Waals surface area contributed by atoms with Gasteiger partial charge in [0.05, 0.1) is 10.6 Å². The van der Waals surface area contributed by atoms with Gasteiger partial charge in [0.15, 0.2) is 5.13 Å². The van der Waals surface area contributed by atoms with E-state index in [2.05, 4.69) is 42.3 Å². The lowest BCUT2D eigenvalue weighted by atomic mass is 9.90. The number of piperidine rings is 1. The molecular weight excluding hydrogens is 478 g/mol. The topological polar surface area (TPSA) is 79.4 Å². The van der Waals surface area contributed by atoms with Gasteiger partial charge in [0.25, 0.3) is 5.91 Å². The lowest BCUT2D eigenvalue weighted by Crippen LogP contribution is -2.42. The number of fused-ring (bicyclic) bond motifs is 1. The Balaban J connectivity index is 1.27. The molecule has 0 saturated carbocycles. The summed E-state index contributed by atoms with van der Waals surface area (Å²) in [7, 11) is -3.57. The molecule has 0 bridgehead atoms. The van der Waals surface area contributed by atoms with Crippen LogP contribution in [0.25, 0.3) is 11.3 Å². The highest BCUT2D eigenvalue weighted by Gasteiger charge is 2.31. The molecule has 1 N–H and O–H groups in total. The van der Waals surface area contributed by atoms with Gasteiger partial charge >= 0.3 is 0 Å². The van der Waals surface area contributed by atoms with E-state index < -0.39 is 10.0 Å². The maximum Gasteiger partial charge on any atom is 0.257 e. The van der Waals surface area contributed by atoms with E-state index in [1.807, 2.05) is 5.38 Å². The average molecular weight is 510 g/mol. The number of hydrogen-bond donors (Lipinski definition) is 1. The van der Waals surface area contributed by atoms with E-state index in [1.54, 1.807) is 16.4 Å². The first-order valence-corrected chi connectivity index (χ1v) is 14.6. The number of aromatic nitrogens is 1. The predicted molar refractivity (Wildman–Crippen MR) is 140 cm³/mol. The van der Waals surface area contributed by atoms with Crippen LogP contribution in [-0.2, 0) is 22.9 Å². The molecule has 5 rings (SSSR count). The Labute approximate surface area is 211 Å². The van der Waals surface area contributed by atoms with Crippen LogP contribution in [0.1, 0.15) is 54.6 Å². The molecule has 0 radical (unpaired) electrons. The summed E-state index contributed by atoms with van der Waals surface area (Å²) in [5, 5.41) is 5.33. The second kappa shape index (κ2) is 9.84. The summed E-state index contributed by atoms with van der Waals surface area (Å²) in [5.41, 5.74) is 5.15. The average Bonchev–Trinajstić information content (AvgIpc) is 3.31. The molecule has 1 amide bonds. The second-order valence-corrected chi connectivity index (χ2v) is 12.8. The van der Waals surface area contributed by atoms with Gasteiger partial charge in [-0.3, -0.25) is 10.1 Å². The highest BCUT2D eigenvalue weighted by Crippen LogP contribution is 2.30. The molecule has 1 aliphatic heterocycles.